The van der Waals surface area contributed by atoms with Crippen molar-refractivity contribution in [1.82, 2.24) is 4.72 Å². The van der Waals surface area contributed by atoms with Gasteiger partial charge in [-0.15, -0.1) is 0 Å². The van der Waals surface area contributed by atoms with Gasteiger partial charge in [-0.05, 0) is 43.3 Å². The molecule has 12 heteroatoms. The molecule has 1 atom stereocenters. The summed E-state index contributed by atoms with van der Waals surface area (Å²) in [6, 6.07) is 13.0. The molecule has 2 aromatic carbocycles. The van der Waals surface area contributed by atoms with Crippen molar-refractivity contribution < 1.29 is 27.5 Å². The van der Waals surface area contributed by atoms with Crippen LogP contribution < -0.4 is 26.7 Å². The highest BCUT2D eigenvalue weighted by Crippen LogP contribution is 2.15. The minimum atomic E-state index is -4.11. The molecule has 0 saturated carbocycles. The lowest BCUT2D eigenvalue weighted by molar-refractivity contribution is -0.144. The number of ether oxygens (including phenoxy) is 2. The largest absolute Gasteiger partial charge is 0.492 e. The van der Waals surface area contributed by atoms with Crippen LogP contribution in [0.25, 0.3) is 0 Å². The molecular weight excluding hydrogens is 426 g/mol. The zero-order valence-corrected chi connectivity index (χ0v) is 17.5. The summed E-state index contributed by atoms with van der Waals surface area (Å²) in [4.78, 5) is 28.2. The topological polar surface area (TPSA) is 189 Å². The maximum atomic E-state index is 12.4. The Kier molecular flexibility index (Phi) is 7.69. The number of nitrogens with two attached hydrogens (primary N) is 3. The van der Waals surface area contributed by atoms with Crippen LogP contribution in [0.15, 0.2) is 64.5 Å². The molecule has 0 spiro atoms. The molecule has 0 aliphatic rings. The predicted molar refractivity (Wildman–Crippen MR) is 112 cm³/mol. The van der Waals surface area contributed by atoms with Crippen molar-refractivity contribution in [3.05, 3.63) is 60.2 Å². The minimum Gasteiger partial charge on any atom is -0.492 e. The van der Waals surface area contributed by atoms with Crippen LogP contribution in [-0.4, -0.2) is 45.1 Å². The van der Waals surface area contributed by atoms with Gasteiger partial charge in [-0.1, -0.05) is 18.2 Å². The quantitative estimate of drug-likeness (QED) is 0.0992. The van der Waals surface area contributed by atoms with Crippen LogP contribution in [0, 0.1) is 0 Å². The fourth-order valence-corrected chi connectivity index (χ4v) is 3.53. The van der Waals surface area contributed by atoms with Crippen LogP contribution in [0.1, 0.15) is 17.3 Å². The summed E-state index contributed by atoms with van der Waals surface area (Å²) >= 11 is 0. The molecule has 2 rings (SSSR count). The summed E-state index contributed by atoms with van der Waals surface area (Å²) < 4.78 is 36.9. The molecule has 31 heavy (non-hydrogen) atoms. The van der Waals surface area contributed by atoms with Gasteiger partial charge in [0.1, 0.15) is 12.4 Å². The van der Waals surface area contributed by atoms with Gasteiger partial charge in [0.15, 0.2) is 11.6 Å². The molecule has 0 unspecified atom stereocenters. The van der Waals surface area contributed by atoms with E-state index in [-0.39, 0.29) is 29.6 Å². The summed E-state index contributed by atoms with van der Waals surface area (Å²) in [5, 5.41) is 0. The normalized spacial score (nSPS) is 13.0. The van der Waals surface area contributed by atoms with E-state index in [2.05, 4.69) is 4.99 Å². The number of hydrogen-bond acceptors (Lipinski definition) is 8. The van der Waals surface area contributed by atoms with Crippen molar-refractivity contribution in [3.63, 3.8) is 0 Å². The average Bonchev–Trinajstić information content (AvgIpc) is 2.71. The van der Waals surface area contributed by atoms with Crippen molar-refractivity contribution in [2.45, 2.75) is 17.5 Å². The first-order chi connectivity index (χ1) is 14.5. The SMILES string of the molecule is C[C@](N)(NS(=O)(=O)c1ccccc1)C(=O)OC(=O)c1ccc(OCCN=C(N)N)cc1. The van der Waals surface area contributed by atoms with Gasteiger partial charge < -0.3 is 26.7 Å². The molecule has 0 aromatic heterocycles. The van der Waals surface area contributed by atoms with E-state index in [1.165, 1.54) is 48.5 Å². The van der Waals surface area contributed by atoms with E-state index in [0.29, 0.717) is 5.75 Å². The number of hydrogen-bond donors (Lipinski definition) is 4. The standard InChI is InChI=1S/C19H23N5O6S/c1-19(22,24-31(27,28)15-5-3-2-4-6-15)17(26)30-16(25)13-7-9-14(10-8-13)29-12-11-23-18(20)21/h2-10,24H,11-12,22H2,1H3,(H4,20,21,23)/t19-/m0/s1. The number of rotatable bonds is 9. The third-order valence-electron chi connectivity index (χ3n) is 3.75. The molecule has 0 aliphatic carbocycles. The molecule has 0 aliphatic heterocycles. The first-order valence-electron chi connectivity index (χ1n) is 8.94. The molecular formula is C19H23N5O6S. The molecule has 0 bridgehead atoms. The Hall–Kier alpha value is -3.48. The number of sulfonamides is 1. The van der Waals surface area contributed by atoms with Gasteiger partial charge in [-0.2, -0.15) is 4.72 Å². The first kappa shape index (κ1) is 23.8. The number of carbonyl (C=O) groups is 2. The highest BCUT2D eigenvalue weighted by Gasteiger charge is 2.37. The van der Waals surface area contributed by atoms with Crippen molar-refractivity contribution in [2.24, 2.45) is 22.2 Å². The molecule has 0 heterocycles. The fourth-order valence-electron chi connectivity index (χ4n) is 2.25. The first-order valence-corrected chi connectivity index (χ1v) is 10.4. The van der Waals surface area contributed by atoms with E-state index < -0.39 is 27.6 Å². The third-order valence-corrected chi connectivity index (χ3v) is 5.34. The van der Waals surface area contributed by atoms with E-state index in [9.17, 15) is 18.0 Å². The van der Waals surface area contributed by atoms with Gasteiger partial charge in [0, 0.05) is 0 Å². The number of nitrogens with one attached hydrogen (secondary N) is 1. The maximum Gasteiger partial charge on any atom is 0.349 e. The monoisotopic (exact) mass is 449 g/mol. The van der Waals surface area contributed by atoms with Crippen LogP contribution in [0.4, 0.5) is 0 Å². The molecule has 7 N–H and O–H groups in total. The second-order valence-corrected chi connectivity index (χ2v) is 8.16. The lowest BCUT2D eigenvalue weighted by atomic mass is 10.2. The molecule has 0 amide bonds. The molecule has 0 saturated heterocycles. The van der Waals surface area contributed by atoms with E-state index in [1.54, 1.807) is 6.07 Å². The van der Waals surface area contributed by atoms with Crippen molar-refractivity contribution >= 4 is 27.9 Å². The Bertz CT molecular complexity index is 1050. The van der Waals surface area contributed by atoms with Crippen molar-refractivity contribution in [1.29, 1.82) is 0 Å². The van der Waals surface area contributed by atoms with Gasteiger partial charge in [0.25, 0.3) is 0 Å². The van der Waals surface area contributed by atoms with Gasteiger partial charge >= 0.3 is 11.9 Å². The number of esters is 2. The van der Waals surface area contributed by atoms with E-state index in [1.807, 2.05) is 4.72 Å². The lowest BCUT2D eigenvalue weighted by Crippen LogP contribution is -2.60. The van der Waals surface area contributed by atoms with Gasteiger partial charge in [0.2, 0.25) is 10.0 Å². The molecule has 2 aromatic rings. The second kappa shape index (κ2) is 10.0. The van der Waals surface area contributed by atoms with Gasteiger partial charge in [-0.3, -0.25) is 4.99 Å². The van der Waals surface area contributed by atoms with E-state index in [4.69, 9.17) is 26.7 Å². The zero-order chi connectivity index (χ0) is 23.1. The Morgan fingerprint density at radius 3 is 2.26 bits per heavy atom. The molecule has 0 fully saturated rings. The number of nitrogens with zero attached hydrogens (tertiary/aromatic N) is 1. The summed E-state index contributed by atoms with van der Waals surface area (Å²) in [5.41, 5.74) is 14.0. The van der Waals surface area contributed by atoms with Crippen LogP contribution in [0.2, 0.25) is 0 Å². The van der Waals surface area contributed by atoms with Crippen LogP contribution >= 0.6 is 0 Å². The summed E-state index contributed by atoms with van der Waals surface area (Å²) in [5.74, 6) is -1.89. The van der Waals surface area contributed by atoms with Crippen molar-refractivity contribution in [2.75, 3.05) is 13.2 Å². The number of carbonyl (C=O) groups excluding carboxylic acids is 2. The van der Waals surface area contributed by atoms with Crippen molar-refractivity contribution in [3.8, 4) is 5.75 Å². The molecule has 166 valence electrons. The van der Waals surface area contributed by atoms with E-state index >= 15 is 0 Å². The highest BCUT2D eigenvalue weighted by molar-refractivity contribution is 7.89. The Morgan fingerprint density at radius 1 is 1.06 bits per heavy atom. The third kappa shape index (κ3) is 7.06. The number of guanidine groups is 1. The van der Waals surface area contributed by atoms with Crippen LogP contribution in [0.3, 0.4) is 0 Å². The Morgan fingerprint density at radius 2 is 1.68 bits per heavy atom. The summed E-state index contributed by atoms with van der Waals surface area (Å²) in [7, 11) is -4.11. The number of aliphatic imine (C=N–C) groups is 1. The zero-order valence-electron chi connectivity index (χ0n) is 16.6. The Balaban J connectivity index is 1.97. The van der Waals surface area contributed by atoms with E-state index in [0.717, 1.165) is 6.92 Å². The Labute approximate surface area is 179 Å². The smallest absolute Gasteiger partial charge is 0.349 e. The van der Waals surface area contributed by atoms with Gasteiger partial charge in [0.05, 0.1) is 17.0 Å². The van der Waals surface area contributed by atoms with Crippen LogP contribution in [0.5, 0.6) is 5.75 Å². The average molecular weight is 449 g/mol. The molecule has 0 radical (unpaired) electrons. The predicted octanol–water partition coefficient (Wildman–Crippen LogP) is -0.324. The van der Waals surface area contributed by atoms with Gasteiger partial charge in [-0.25, -0.2) is 18.0 Å². The number of benzene rings is 2. The summed E-state index contributed by atoms with van der Waals surface area (Å²) in [6.45, 7) is 1.55. The molecule has 11 nitrogen and oxygen atoms in total. The highest BCUT2D eigenvalue weighted by atomic mass is 32.2. The fraction of sp³-hybridized carbons (Fsp3) is 0.211. The minimum absolute atomic E-state index is 0.0339. The maximum absolute atomic E-state index is 12.4. The van der Waals surface area contributed by atoms with Crippen LogP contribution in [-0.2, 0) is 19.6 Å². The summed E-state index contributed by atoms with van der Waals surface area (Å²) in [6.07, 6.45) is 0. The second-order valence-electron chi connectivity index (χ2n) is 6.48. The lowest BCUT2D eigenvalue weighted by Gasteiger charge is -2.23.